The summed E-state index contributed by atoms with van der Waals surface area (Å²) in [6.07, 6.45) is 3.79. The van der Waals surface area contributed by atoms with Crippen LogP contribution in [0.2, 0.25) is 0 Å². The van der Waals surface area contributed by atoms with E-state index in [0.29, 0.717) is 37.3 Å². The van der Waals surface area contributed by atoms with E-state index in [2.05, 4.69) is 10.3 Å². The molecule has 2 rings (SSSR count). The number of aromatic nitrogens is 1. The summed E-state index contributed by atoms with van der Waals surface area (Å²) in [6.45, 7) is 1.68. The fraction of sp³-hybridized carbons (Fsp3) is 0.278. The second-order valence-corrected chi connectivity index (χ2v) is 5.35. The molecular weight excluding hydrogens is 304 g/mol. The molecule has 1 aromatic carbocycles. The predicted octanol–water partition coefficient (Wildman–Crippen LogP) is 1.78. The average molecular weight is 324 g/mol. The van der Waals surface area contributed by atoms with Crippen LogP contribution in [0.4, 0.5) is 5.69 Å². The smallest absolute Gasteiger partial charge is 0.225 e. The lowest BCUT2D eigenvalue weighted by Gasteiger charge is -2.21. The van der Waals surface area contributed by atoms with Crippen molar-refractivity contribution in [3.8, 4) is 6.07 Å². The van der Waals surface area contributed by atoms with E-state index < -0.39 is 0 Å². The minimum atomic E-state index is -0.126. The number of amides is 1. The van der Waals surface area contributed by atoms with Crippen molar-refractivity contribution < 1.29 is 9.90 Å². The molecule has 0 aliphatic carbocycles. The number of aliphatic hydroxyl groups excluding tert-OH is 1. The molecule has 0 atom stereocenters. The third kappa shape index (κ3) is 5.80. The van der Waals surface area contributed by atoms with E-state index in [-0.39, 0.29) is 12.5 Å². The van der Waals surface area contributed by atoms with Crippen molar-refractivity contribution in [3.05, 3.63) is 59.9 Å². The Morgan fingerprint density at radius 2 is 2.17 bits per heavy atom. The van der Waals surface area contributed by atoms with Gasteiger partial charge in [0.2, 0.25) is 5.91 Å². The topological polar surface area (TPSA) is 89.2 Å². The zero-order valence-electron chi connectivity index (χ0n) is 13.4. The Morgan fingerprint density at radius 3 is 2.88 bits per heavy atom. The van der Waals surface area contributed by atoms with Gasteiger partial charge in [-0.15, -0.1) is 0 Å². The molecule has 1 heterocycles. The van der Waals surface area contributed by atoms with Gasteiger partial charge in [-0.2, -0.15) is 5.26 Å². The standard InChI is InChI=1S/C18H20N4O2/c19-12-15-3-1-5-17(11-15)21-18(24)6-8-22(9-10-23)14-16-4-2-7-20-13-16/h1-5,7,11,13,23H,6,8-10,14H2,(H,21,24). The number of pyridine rings is 1. The van der Waals surface area contributed by atoms with Crippen molar-refractivity contribution in [1.82, 2.24) is 9.88 Å². The van der Waals surface area contributed by atoms with Gasteiger partial charge in [0.15, 0.2) is 0 Å². The summed E-state index contributed by atoms with van der Waals surface area (Å²) >= 11 is 0. The molecule has 24 heavy (non-hydrogen) atoms. The Bertz CT molecular complexity index is 698. The molecule has 0 aliphatic heterocycles. The number of nitriles is 1. The minimum Gasteiger partial charge on any atom is -0.395 e. The molecule has 0 saturated heterocycles. The summed E-state index contributed by atoms with van der Waals surface area (Å²) in [6, 6.07) is 12.7. The van der Waals surface area contributed by atoms with Crippen molar-refractivity contribution in [2.75, 3.05) is 25.0 Å². The highest BCUT2D eigenvalue weighted by Crippen LogP contribution is 2.10. The molecule has 1 aromatic heterocycles. The largest absolute Gasteiger partial charge is 0.395 e. The van der Waals surface area contributed by atoms with Crippen molar-refractivity contribution in [3.63, 3.8) is 0 Å². The van der Waals surface area contributed by atoms with Crippen LogP contribution in [0.15, 0.2) is 48.8 Å². The highest BCUT2D eigenvalue weighted by Gasteiger charge is 2.09. The van der Waals surface area contributed by atoms with Gasteiger partial charge in [-0.1, -0.05) is 12.1 Å². The van der Waals surface area contributed by atoms with Gasteiger partial charge in [0.05, 0.1) is 18.2 Å². The highest BCUT2D eigenvalue weighted by molar-refractivity contribution is 5.90. The highest BCUT2D eigenvalue weighted by atomic mass is 16.3. The van der Waals surface area contributed by atoms with Gasteiger partial charge < -0.3 is 10.4 Å². The summed E-state index contributed by atoms with van der Waals surface area (Å²) in [4.78, 5) is 18.2. The zero-order chi connectivity index (χ0) is 17.2. The lowest BCUT2D eigenvalue weighted by molar-refractivity contribution is -0.116. The van der Waals surface area contributed by atoms with Crippen LogP contribution in [0.1, 0.15) is 17.5 Å². The van der Waals surface area contributed by atoms with Gasteiger partial charge in [-0.25, -0.2) is 0 Å². The monoisotopic (exact) mass is 324 g/mol. The first kappa shape index (κ1) is 17.6. The van der Waals surface area contributed by atoms with Crippen LogP contribution < -0.4 is 5.32 Å². The van der Waals surface area contributed by atoms with Gasteiger partial charge in [0, 0.05) is 44.1 Å². The van der Waals surface area contributed by atoms with Crippen LogP contribution in [-0.2, 0) is 11.3 Å². The van der Waals surface area contributed by atoms with E-state index in [0.717, 1.165) is 5.56 Å². The molecule has 2 aromatic rings. The number of hydrogen-bond acceptors (Lipinski definition) is 5. The van der Waals surface area contributed by atoms with Crippen molar-refractivity contribution in [1.29, 1.82) is 5.26 Å². The molecule has 124 valence electrons. The summed E-state index contributed by atoms with van der Waals surface area (Å²) in [5, 5.41) is 20.8. The molecule has 1 amide bonds. The fourth-order valence-corrected chi connectivity index (χ4v) is 2.31. The molecule has 0 bridgehead atoms. The molecule has 0 saturated carbocycles. The number of benzene rings is 1. The molecule has 0 spiro atoms. The van der Waals surface area contributed by atoms with Crippen LogP contribution in [-0.4, -0.2) is 40.6 Å². The van der Waals surface area contributed by atoms with E-state index in [4.69, 9.17) is 5.26 Å². The Kier molecular flexibility index (Phi) is 6.90. The number of carbonyl (C=O) groups is 1. The van der Waals surface area contributed by atoms with E-state index >= 15 is 0 Å². The minimum absolute atomic E-state index is 0.0338. The summed E-state index contributed by atoms with van der Waals surface area (Å²) in [5.74, 6) is -0.126. The average Bonchev–Trinajstić information content (AvgIpc) is 2.61. The SMILES string of the molecule is N#Cc1cccc(NC(=O)CCN(CCO)Cc2cccnc2)c1. The van der Waals surface area contributed by atoms with Crippen LogP contribution in [0.25, 0.3) is 0 Å². The summed E-state index contributed by atoms with van der Waals surface area (Å²) in [5.41, 5.74) is 2.15. The summed E-state index contributed by atoms with van der Waals surface area (Å²) in [7, 11) is 0. The predicted molar refractivity (Wildman–Crippen MR) is 91.0 cm³/mol. The number of carbonyl (C=O) groups excluding carboxylic acids is 1. The second kappa shape index (κ2) is 9.40. The molecular formula is C18H20N4O2. The van der Waals surface area contributed by atoms with Crippen LogP contribution in [0.5, 0.6) is 0 Å². The maximum Gasteiger partial charge on any atom is 0.225 e. The molecule has 0 fully saturated rings. The number of anilines is 1. The Morgan fingerprint density at radius 1 is 1.29 bits per heavy atom. The fourth-order valence-electron chi connectivity index (χ4n) is 2.31. The quantitative estimate of drug-likeness (QED) is 0.772. The maximum absolute atomic E-state index is 12.1. The van der Waals surface area contributed by atoms with Gasteiger partial charge in [0.25, 0.3) is 0 Å². The first-order valence-electron chi connectivity index (χ1n) is 7.73. The third-order valence-corrected chi connectivity index (χ3v) is 3.48. The number of hydrogen-bond donors (Lipinski definition) is 2. The second-order valence-electron chi connectivity index (χ2n) is 5.35. The van der Waals surface area contributed by atoms with Gasteiger partial charge >= 0.3 is 0 Å². The van der Waals surface area contributed by atoms with E-state index in [9.17, 15) is 9.90 Å². The first-order valence-corrected chi connectivity index (χ1v) is 7.73. The van der Waals surface area contributed by atoms with Crippen molar-refractivity contribution in [2.24, 2.45) is 0 Å². The van der Waals surface area contributed by atoms with Gasteiger partial charge in [0.1, 0.15) is 0 Å². The van der Waals surface area contributed by atoms with Gasteiger partial charge in [-0.05, 0) is 29.8 Å². The normalized spacial score (nSPS) is 10.4. The third-order valence-electron chi connectivity index (χ3n) is 3.48. The van der Waals surface area contributed by atoms with Gasteiger partial charge in [-0.3, -0.25) is 14.7 Å². The molecule has 0 radical (unpaired) electrons. The molecule has 6 nitrogen and oxygen atoms in total. The lowest BCUT2D eigenvalue weighted by atomic mass is 10.2. The Balaban J connectivity index is 1.86. The van der Waals surface area contributed by atoms with E-state index in [1.165, 1.54) is 0 Å². The van der Waals surface area contributed by atoms with E-state index in [1.54, 1.807) is 36.7 Å². The number of rotatable bonds is 8. The Hall–Kier alpha value is -2.75. The maximum atomic E-state index is 12.1. The van der Waals surface area contributed by atoms with Crippen LogP contribution in [0.3, 0.4) is 0 Å². The number of nitrogens with zero attached hydrogens (tertiary/aromatic N) is 3. The molecule has 6 heteroatoms. The molecule has 2 N–H and O–H groups in total. The Labute approximate surface area is 141 Å². The first-order chi connectivity index (χ1) is 11.7. The summed E-state index contributed by atoms with van der Waals surface area (Å²) < 4.78 is 0. The lowest BCUT2D eigenvalue weighted by Crippen LogP contribution is -2.30. The van der Waals surface area contributed by atoms with Crippen LogP contribution >= 0.6 is 0 Å². The van der Waals surface area contributed by atoms with E-state index in [1.807, 2.05) is 23.1 Å². The zero-order valence-corrected chi connectivity index (χ0v) is 13.4. The molecule has 0 unspecified atom stereocenters. The molecule has 0 aliphatic rings. The van der Waals surface area contributed by atoms with Crippen molar-refractivity contribution in [2.45, 2.75) is 13.0 Å². The van der Waals surface area contributed by atoms with Crippen molar-refractivity contribution >= 4 is 11.6 Å². The van der Waals surface area contributed by atoms with Crippen LogP contribution in [0, 0.1) is 11.3 Å². The number of aliphatic hydroxyl groups is 1. The number of nitrogens with one attached hydrogen (secondary N) is 1.